The average molecular weight is 354 g/mol. The number of aryl methyl sites for hydroxylation is 1. The van der Waals surface area contributed by atoms with Gasteiger partial charge in [0.05, 0.1) is 21.6 Å². The van der Waals surface area contributed by atoms with E-state index >= 15 is 0 Å². The molecule has 0 radical (unpaired) electrons. The Morgan fingerprint density at radius 1 is 1.16 bits per heavy atom. The molecule has 1 aliphatic rings. The Bertz CT molecular complexity index is 936. The molecule has 1 aliphatic heterocycles. The number of benzene rings is 2. The van der Waals surface area contributed by atoms with Crippen molar-refractivity contribution in [3.8, 4) is 11.5 Å². The lowest BCUT2D eigenvalue weighted by Crippen LogP contribution is -2.17. The van der Waals surface area contributed by atoms with E-state index in [2.05, 4.69) is 17.2 Å². The quantitative estimate of drug-likeness (QED) is 0.774. The van der Waals surface area contributed by atoms with Crippen molar-refractivity contribution in [1.82, 2.24) is 4.98 Å². The molecular formula is C19H18N2O3S. The summed E-state index contributed by atoms with van der Waals surface area (Å²) in [7, 11) is 0. The molecule has 1 N–H and O–H groups in total. The van der Waals surface area contributed by atoms with Crippen LogP contribution in [0.5, 0.6) is 11.5 Å². The van der Waals surface area contributed by atoms with Gasteiger partial charge in [0, 0.05) is 5.69 Å². The molecule has 2 aromatic carbocycles. The summed E-state index contributed by atoms with van der Waals surface area (Å²) in [5, 5.41) is 4.06. The Kier molecular flexibility index (Phi) is 4.28. The minimum absolute atomic E-state index is 0.0590. The van der Waals surface area contributed by atoms with E-state index in [0.29, 0.717) is 19.0 Å². The van der Waals surface area contributed by atoms with Crippen LogP contribution in [-0.2, 0) is 17.6 Å². The number of anilines is 1. The Balaban J connectivity index is 1.46. The Labute approximate surface area is 149 Å². The summed E-state index contributed by atoms with van der Waals surface area (Å²) < 4.78 is 12.2. The lowest BCUT2D eigenvalue weighted by Gasteiger charge is -2.18. The predicted octanol–water partition coefficient (Wildman–Crippen LogP) is 3.81. The normalized spacial score (nSPS) is 13.0. The van der Waals surface area contributed by atoms with Crippen LogP contribution in [0, 0.1) is 0 Å². The first-order chi connectivity index (χ1) is 12.2. The minimum Gasteiger partial charge on any atom is -0.486 e. The summed E-state index contributed by atoms with van der Waals surface area (Å²) in [5.74, 6) is 1.38. The van der Waals surface area contributed by atoms with Gasteiger partial charge >= 0.3 is 0 Å². The zero-order valence-electron chi connectivity index (χ0n) is 13.9. The molecule has 0 fully saturated rings. The number of rotatable bonds is 4. The van der Waals surface area contributed by atoms with Crippen molar-refractivity contribution >= 4 is 33.1 Å². The number of carbonyl (C=O) groups is 1. The number of thiazole rings is 1. The maximum Gasteiger partial charge on any atom is 0.228 e. The summed E-state index contributed by atoms with van der Waals surface area (Å²) in [4.78, 5) is 16.9. The summed E-state index contributed by atoms with van der Waals surface area (Å²) in [6, 6.07) is 11.4. The van der Waals surface area contributed by atoms with Crippen molar-refractivity contribution in [2.75, 3.05) is 18.5 Å². The number of aromatic nitrogens is 1. The van der Waals surface area contributed by atoms with Gasteiger partial charge in [0.15, 0.2) is 11.5 Å². The second kappa shape index (κ2) is 6.72. The van der Waals surface area contributed by atoms with Crippen LogP contribution in [0.3, 0.4) is 0 Å². The van der Waals surface area contributed by atoms with Gasteiger partial charge in [0.25, 0.3) is 0 Å². The van der Waals surface area contributed by atoms with Crippen LogP contribution in [-0.4, -0.2) is 24.1 Å². The van der Waals surface area contributed by atoms with Gasteiger partial charge in [-0.2, -0.15) is 0 Å². The first-order valence-corrected chi connectivity index (χ1v) is 9.11. The third-order valence-corrected chi connectivity index (χ3v) is 5.15. The van der Waals surface area contributed by atoms with Gasteiger partial charge in [-0.1, -0.05) is 13.0 Å². The second-order valence-corrected chi connectivity index (χ2v) is 6.96. The van der Waals surface area contributed by atoms with E-state index in [9.17, 15) is 4.79 Å². The molecule has 0 atom stereocenters. The van der Waals surface area contributed by atoms with Crippen LogP contribution < -0.4 is 14.8 Å². The Morgan fingerprint density at radius 2 is 2.00 bits per heavy atom. The zero-order valence-corrected chi connectivity index (χ0v) is 14.7. The Hall–Kier alpha value is -2.60. The first-order valence-electron chi connectivity index (χ1n) is 8.29. The van der Waals surface area contributed by atoms with Crippen LogP contribution in [0.4, 0.5) is 5.69 Å². The molecule has 0 aliphatic carbocycles. The SMILES string of the molecule is CCc1nc2ccc(NC(=O)Cc3ccc4c(c3)OCCO4)cc2s1. The average Bonchev–Trinajstić information content (AvgIpc) is 3.04. The highest BCUT2D eigenvalue weighted by atomic mass is 32.1. The summed E-state index contributed by atoms with van der Waals surface area (Å²) in [6.45, 7) is 3.19. The Morgan fingerprint density at radius 3 is 2.84 bits per heavy atom. The highest BCUT2D eigenvalue weighted by molar-refractivity contribution is 7.18. The van der Waals surface area contributed by atoms with Crippen LogP contribution in [0.25, 0.3) is 10.2 Å². The van der Waals surface area contributed by atoms with E-state index in [1.165, 1.54) is 0 Å². The monoisotopic (exact) mass is 354 g/mol. The largest absolute Gasteiger partial charge is 0.486 e. The lowest BCUT2D eigenvalue weighted by atomic mass is 10.1. The van der Waals surface area contributed by atoms with Gasteiger partial charge in [-0.25, -0.2) is 4.98 Å². The smallest absolute Gasteiger partial charge is 0.228 e. The number of carbonyl (C=O) groups excluding carboxylic acids is 1. The van der Waals surface area contributed by atoms with E-state index in [1.54, 1.807) is 11.3 Å². The van der Waals surface area contributed by atoms with Crippen molar-refractivity contribution in [1.29, 1.82) is 0 Å². The fraction of sp³-hybridized carbons (Fsp3) is 0.263. The number of hydrogen-bond donors (Lipinski definition) is 1. The van der Waals surface area contributed by atoms with Crippen LogP contribution in [0.1, 0.15) is 17.5 Å². The van der Waals surface area contributed by atoms with Crippen molar-refractivity contribution in [2.24, 2.45) is 0 Å². The second-order valence-electron chi connectivity index (χ2n) is 5.85. The summed E-state index contributed by atoms with van der Waals surface area (Å²) in [6.07, 6.45) is 1.21. The van der Waals surface area contributed by atoms with Crippen molar-refractivity contribution in [3.63, 3.8) is 0 Å². The third-order valence-electron chi connectivity index (χ3n) is 3.99. The van der Waals surface area contributed by atoms with Crippen LogP contribution in [0.2, 0.25) is 0 Å². The lowest BCUT2D eigenvalue weighted by molar-refractivity contribution is -0.115. The molecule has 128 valence electrons. The van der Waals surface area contributed by atoms with Crippen molar-refractivity contribution < 1.29 is 14.3 Å². The molecule has 25 heavy (non-hydrogen) atoms. The summed E-state index contributed by atoms with van der Waals surface area (Å²) >= 11 is 1.67. The number of hydrogen-bond acceptors (Lipinski definition) is 5. The van der Waals surface area contributed by atoms with Crippen molar-refractivity contribution in [2.45, 2.75) is 19.8 Å². The topological polar surface area (TPSA) is 60.5 Å². The van der Waals surface area contributed by atoms with Gasteiger partial charge in [-0.05, 0) is 42.3 Å². The molecule has 1 amide bonds. The van der Waals surface area contributed by atoms with Gasteiger partial charge in [-0.3, -0.25) is 4.79 Å². The first kappa shape index (κ1) is 15.9. The molecule has 4 rings (SSSR count). The van der Waals surface area contributed by atoms with E-state index in [-0.39, 0.29) is 12.3 Å². The van der Waals surface area contributed by atoms with E-state index in [0.717, 1.165) is 38.6 Å². The van der Waals surface area contributed by atoms with E-state index in [4.69, 9.17) is 9.47 Å². The van der Waals surface area contributed by atoms with Gasteiger partial charge in [0.2, 0.25) is 5.91 Å². The van der Waals surface area contributed by atoms with Gasteiger partial charge < -0.3 is 14.8 Å². The van der Waals surface area contributed by atoms with Crippen LogP contribution >= 0.6 is 11.3 Å². The number of fused-ring (bicyclic) bond motifs is 2. The third kappa shape index (κ3) is 3.44. The molecule has 0 saturated carbocycles. The standard InChI is InChI=1S/C19H18N2O3S/c1-2-19-21-14-5-4-13(11-17(14)25-19)20-18(22)10-12-3-6-15-16(9-12)24-8-7-23-15/h3-6,9,11H,2,7-8,10H2,1H3,(H,20,22). The number of amides is 1. The summed E-state index contributed by atoms with van der Waals surface area (Å²) in [5.41, 5.74) is 2.67. The molecule has 2 heterocycles. The number of nitrogens with zero attached hydrogens (tertiary/aromatic N) is 1. The van der Waals surface area contributed by atoms with Gasteiger partial charge in [0.1, 0.15) is 13.2 Å². The molecule has 6 heteroatoms. The fourth-order valence-electron chi connectivity index (χ4n) is 2.79. The van der Waals surface area contributed by atoms with Crippen LogP contribution in [0.15, 0.2) is 36.4 Å². The highest BCUT2D eigenvalue weighted by Gasteiger charge is 2.13. The van der Waals surface area contributed by atoms with E-state index in [1.807, 2.05) is 36.4 Å². The van der Waals surface area contributed by atoms with Gasteiger partial charge in [-0.15, -0.1) is 11.3 Å². The maximum absolute atomic E-state index is 12.4. The molecule has 0 saturated heterocycles. The highest BCUT2D eigenvalue weighted by Crippen LogP contribution is 2.31. The van der Waals surface area contributed by atoms with E-state index < -0.39 is 0 Å². The molecule has 1 aromatic heterocycles. The number of nitrogens with one attached hydrogen (secondary N) is 1. The fourth-order valence-corrected chi connectivity index (χ4v) is 3.74. The van der Waals surface area contributed by atoms with Crippen molar-refractivity contribution in [3.05, 3.63) is 47.0 Å². The molecular weight excluding hydrogens is 336 g/mol. The number of ether oxygens (including phenoxy) is 2. The molecule has 3 aromatic rings. The molecule has 0 bridgehead atoms. The molecule has 0 spiro atoms. The maximum atomic E-state index is 12.4. The predicted molar refractivity (Wildman–Crippen MR) is 98.8 cm³/mol. The minimum atomic E-state index is -0.0590. The zero-order chi connectivity index (χ0) is 17.2. The molecule has 5 nitrogen and oxygen atoms in total. The molecule has 0 unspecified atom stereocenters.